The molecule has 4 aromatic rings. The van der Waals surface area contributed by atoms with Gasteiger partial charge in [-0.15, -0.1) is 0 Å². The van der Waals surface area contributed by atoms with Crippen molar-refractivity contribution in [3.63, 3.8) is 0 Å². The lowest BCUT2D eigenvalue weighted by atomic mass is 9.84. The van der Waals surface area contributed by atoms with E-state index in [1.54, 1.807) is 142 Å². The Bertz CT molecular complexity index is 2000. The van der Waals surface area contributed by atoms with Gasteiger partial charge in [0, 0.05) is 19.3 Å². The van der Waals surface area contributed by atoms with Crippen molar-refractivity contribution in [1.82, 2.24) is 0 Å². The summed E-state index contributed by atoms with van der Waals surface area (Å²) >= 11 is 0. The highest BCUT2D eigenvalue weighted by atomic mass is 31.2. The van der Waals surface area contributed by atoms with E-state index < -0.39 is 70.2 Å². The number of ether oxygens (including phenoxy) is 3. The van der Waals surface area contributed by atoms with Gasteiger partial charge in [-0.2, -0.15) is 0 Å². The van der Waals surface area contributed by atoms with Gasteiger partial charge in [-0.25, -0.2) is 9.13 Å². The number of phosphoric ester groups is 2. The molecule has 5 rings (SSSR count). The molecule has 1 saturated carbocycles. The zero-order chi connectivity index (χ0) is 45.1. The number of hydrogen-bond donors (Lipinski definition) is 1. The monoisotopic (exact) mass is 910 g/mol. The molecule has 0 spiro atoms. The van der Waals surface area contributed by atoms with Gasteiger partial charge >= 0.3 is 33.6 Å². The fourth-order valence-electron chi connectivity index (χ4n) is 6.43. The highest BCUT2D eigenvalue weighted by molar-refractivity contribution is 7.48. The predicted octanol–water partition coefficient (Wildman–Crippen LogP) is 9.35. The number of aliphatic hydroxyl groups excluding tert-OH is 1. The first-order valence-electron chi connectivity index (χ1n) is 21.0. The van der Waals surface area contributed by atoms with Crippen LogP contribution >= 0.6 is 15.6 Å². The van der Waals surface area contributed by atoms with Crippen LogP contribution in [0, 0.1) is 0 Å². The molecule has 4 aromatic carbocycles. The molecule has 0 saturated heterocycles. The molecule has 1 N–H and O–H groups in total. The molecule has 1 fully saturated rings. The van der Waals surface area contributed by atoms with Gasteiger partial charge in [-0.3, -0.25) is 41.5 Å². The number of carbonyl (C=O) groups excluding carboxylic acids is 3. The largest absolute Gasteiger partial charge is 0.475 e. The van der Waals surface area contributed by atoms with Gasteiger partial charge in [-0.1, -0.05) is 142 Å². The van der Waals surface area contributed by atoms with E-state index in [1.807, 2.05) is 0 Å². The van der Waals surface area contributed by atoms with E-state index in [-0.39, 0.29) is 45.7 Å². The van der Waals surface area contributed by atoms with E-state index in [1.165, 1.54) is 0 Å². The first kappa shape index (κ1) is 49.5. The average Bonchev–Trinajstić information content (AvgIpc) is 3.29. The van der Waals surface area contributed by atoms with Crippen molar-refractivity contribution in [3.05, 3.63) is 144 Å². The minimum Gasteiger partial charge on any atom is -0.457 e. The lowest BCUT2D eigenvalue weighted by Crippen LogP contribution is -2.67. The lowest BCUT2D eigenvalue weighted by Gasteiger charge is -2.47. The summed E-state index contributed by atoms with van der Waals surface area (Å²) in [5, 5.41) is 12.2. The zero-order valence-electron chi connectivity index (χ0n) is 35.6. The summed E-state index contributed by atoms with van der Waals surface area (Å²) in [5.41, 5.74) is 2.31. The van der Waals surface area contributed by atoms with E-state index in [2.05, 4.69) is 0 Å². The maximum absolute atomic E-state index is 15.2. The van der Waals surface area contributed by atoms with Crippen molar-refractivity contribution in [2.45, 2.75) is 122 Å². The molecule has 1 aliphatic rings. The molecule has 6 atom stereocenters. The predicted molar refractivity (Wildman–Crippen MR) is 230 cm³/mol. The van der Waals surface area contributed by atoms with Crippen molar-refractivity contribution in [2.75, 3.05) is 0 Å². The number of esters is 3. The average molecular weight is 911 g/mol. The van der Waals surface area contributed by atoms with Crippen molar-refractivity contribution in [1.29, 1.82) is 0 Å². The lowest BCUT2D eigenvalue weighted by molar-refractivity contribution is -0.244. The quantitative estimate of drug-likeness (QED) is 0.0376. The van der Waals surface area contributed by atoms with Gasteiger partial charge in [0.25, 0.3) is 0 Å². The van der Waals surface area contributed by atoms with Crippen LogP contribution in [0.3, 0.4) is 0 Å². The van der Waals surface area contributed by atoms with Crippen LogP contribution < -0.4 is 0 Å². The Labute approximate surface area is 368 Å². The van der Waals surface area contributed by atoms with Crippen LogP contribution in [-0.2, 0) is 91.3 Å². The molecule has 1 aliphatic carbocycles. The molecule has 340 valence electrons. The third-order valence-corrected chi connectivity index (χ3v) is 12.3. The molecule has 0 aromatic heterocycles. The Kier molecular flexibility index (Phi) is 19.7. The summed E-state index contributed by atoms with van der Waals surface area (Å²) in [7, 11) is -9.82. The fraction of sp³-hybridized carbons (Fsp3) is 0.413. The summed E-state index contributed by atoms with van der Waals surface area (Å²) in [5.74, 6) is -2.46. The first-order valence-corrected chi connectivity index (χ1v) is 23.9. The molecule has 0 radical (unpaired) electrons. The van der Waals surface area contributed by atoms with Crippen LogP contribution in [-0.4, -0.2) is 59.6 Å². The zero-order valence-corrected chi connectivity index (χ0v) is 37.4. The van der Waals surface area contributed by atoms with Crippen LogP contribution in [0.15, 0.2) is 121 Å². The van der Waals surface area contributed by atoms with Gasteiger partial charge in [0.15, 0.2) is 18.3 Å². The first-order chi connectivity index (χ1) is 30.4. The SMILES string of the molecule is CCCC(=O)O[C@H]1[C@H](OP(=O)(OCc2ccccc2)OCc2ccccc2)[C@@H](OP(=O)(OCc2ccccc2)OCc2ccccc2)[C@@H](OC(=O)CCC)[C@@H](O)[C@@H]1OC(=O)CCC. The minimum atomic E-state index is -4.92. The van der Waals surface area contributed by atoms with Crippen LogP contribution in [0.4, 0.5) is 0 Å². The van der Waals surface area contributed by atoms with E-state index in [4.69, 9.17) is 41.4 Å². The van der Waals surface area contributed by atoms with Crippen molar-refractivity contribution < 1.29 is 70.0 Å². The molecular weight excluding hydrogens is 854 g/mol. The summed E-state index contributed by atoms with van der Waals surface area (Å²) in [4.78, 5) is 40.2. The van der Waals surface area contributed by atoms with Crippen LogP contribution in [0.2, 0.25) is 0 Å². The molecule has 15 nitrogen and oxygen atoms in total. The molecule has 0 heterocycles. The Balaban J connectivity index is 1.67. The Hall–Kier alpha value is -4.53. The number of rotatable bonds is 25. The maximum Gasteiger partial charge on any atom is 0.475 e. The number of phosphoric acid groups is 2. The molecule has 0 aliphatic heterocycles. The Morgan fingerprint density at radius 2 is 0.683 bits per heavy atom. The molecular formula is C46H56O15P2. The molecule has 0 bridgehead atoms. The van der Waals surface area contributed by atoms with Gasteiger partial charge in [0.1, 0.15) is 18.3 Å². The molecule has 0 unspecified atom stereocenters. The normalized spacial score (nSPS) is 20.1. The van der Waals surface area contributed by atoms with E-state index in [0.717, 1.165) is 0 Å². The highest BCUT2D eigenvalue weighted by Gasteiger charge is 2.61. The minimum absolute atomic E-state index is 0.112. The third kappa shape index (κ3) is 15.6. The van der Waals surface area contributed by atoms with Crippen LogP contribution in [0.5, 0.6) is 0 Å². The van der Waals surface area contributed by atoms with Crippen LogP contribution in [0.1, 0.15) is 81.5 Å². The fourth-order valence-corrected chi connectivity index (χ4v) is 9.13. The van der Waals surface area contributed by atoms with Gasteiger partial charge in [0.05, 0.1) is 26.4 Å². The highest BCUT2D eigenvalue weighted by Crippen LogP contribution is 2.58. The van der Waals surface area contributed by atoms with E-state index in [9.17, 15) is 19.5 Å². The number of carbonyl (C=O) groups is 3. The second-order valence-corrected chi connectivity index (χ2v) is 17.9. The number of hydrogen-bond acceptors (Lipinski definition) is 15. The topological polar surface area (TPSA) is 189 Å². The molecule has 17 heteroatoms. The summed E-state index contributed by atoms with van der Waals surface area (Å²) in [6.07, 6.45) is -11.0. The summed E-state index contributed by atoms with van der Waals surface area (Å²) in [6.45, 7) is 3.96. The van der Waals surface area contributed by atoms with Gasteiger partial charge in [0.2, 0.25) is 0 Å². The van der Waals surface area contributed by atoms with Gasteiger partial charge in [-0.05, 0) is 41.5 Å². The van der Waals surface area contributed by atoms with Crippen molar-refractivity contribution >= 4 is 33.6 Å². The maximum atomic E-state index is 15.2. The van der Waals surface area contributed by atoms with Crippen molar-refractivity contribution in [3.8, 4) is 0 Å². The Morgan fingerprint density at radius 3 is 0.968 bits per heavy atom. The van der Waals surface area contributed by atoms with Gasteiger partial charge < -0.3 is 19.3 Å². The smallest absolute Gasteiger partial charge is 0.457 e. The second kappa shape index (κ2) is 25.1. The molecule has 63 heavy (non-hydrogen) atoms. The van der Waals surface area contributed by atoms with E-state index in [0.29, 0.717) is 41.5 Å². The standard InChI is InChI=1S/C46H56O15P2/c1-4-19-38(47)57-42-41(50)43(58-39(48)20-5-2)45(60-62(51,53-30-34-22-11-7-12-23-34)54-31-35-24-13-8-14-25-35)46(44(42)59-40(49)21-6-3)61-63(52,55-32-36-26-15-9-16-27-36)56-33-37-28-17-10-18-29-37/h7-18,22-29,41-46,50H,4-6,19-21,30-33H2,1-3H3/t41-,42-,43-,44+,45-,46-/m0/s1. The van der Waals surface area contributed by atoms with Crippen molar-refractivity contribution in [2.24, 2.45) is 0 Å². The van der Waals surface area contributed by atoms with Crippen LogP contribution in [0.25, 0.3) is 0 Å². The Morgan fingerprint density at radius 1 is 0.429 bits per heavy atom. The second-order valence-electron chi connectivity index (χ2n) is 14.7. The molecule has 0 amide bonds. The van der Waals surface area contributed by atoms with E-state index >= 15 is 9.13 Å². The number of aliphatic hydroxyl groups is 1. The third-order valence-electron chi connectivity index (χ3n) is 9.56. The summed E-state index contributed by atoms with van der Waals surface area (Å²) in [6, 6.07) is 34.9. The summed E-state index contributed by atoms with van der Waals surface area (Å²) < 4.78 is 84.5. The number of benzene rings is 4.